The molecule has 1 aliphatic carbocycles. The maximum atomic E-state index is 13.2. The Labute approximate surface area is 145 Å². The minimum atomic E-state index is 0.202. The van der Waals surface area contributed by atoms with Crippen LogP contribution in [-0.2, 0) is 4.79 Å². The van der Waals surface area contributed by atoms with Crippen LogP contribution in [0.5, 0.6) is 5.75 Å². The quantitative estimate of drug-likeness (QED) is 0.899. The first-order valence-electron chi connectivity index (χ1n) is 9.18. The monoisotopic (exact) mass is 331 g/mol. The molecule has 1 aromatic rings. The molecule has 2 fully saturated rings. The summed E-state index contributed by atoms with van der Waals surface area (Å²) in [5.74, 6) is 0.991. The van der Waals surface area contributed by atoms with Gasteiger partial charge in [0, 0.05) is 32.2 Å². The van der Waals surface area contributed by atoms with E-state index in [1.54, 1.807) is 7.11 Å². The zero-order chi connectivity index (χ0) is 16.8. The molecule has 1 amide bonds. The van der Waals surface area contributed by atoms with Gasteiger partial charge in [-0.15, -0.1) is 0 Å². The van der Waals surface area contributed by atoms with Crippen LogP contribution in [-0.4, -0.2) is 56.7 Å². The van der Waals surface area contributed by atoms with Crippen LogP contribution < -0.4 is 15.0 Å². The van der Waals surface area contributed by atoms with E-state index in [-0.39, 0.29) is 5.91 Å². The first kappa shape index (κ1) is 17.2. The third-order valence-electron chi connectivity index (χ3n) is 5.12. The van der Waals surface area contributed by atoms with E-state index in [0.29, 0.717) is 12.6 Å². The van der Waals surface area contributed by atoms with E-state index in [0.717, 1.165) is 50.5 Å². The number of hydrogen-bond acceptors (Lipinski definition) is 4. The van der Waals surface area contributed by atoms with Crippen molar-refractivity contribution in [2.24, 2.45) is 0 Å². The molecular formula is C19H29N3O2. The predicted octanol–water partition coefficient (Wildman–Crippen LogP) is 2.27. The molecule has 5 heteroatoms. The highest BCUT2D eigenvalue weighted by atomic mass is 16.5. The molecule has 1 aromatic carbocycles. The average molecular weight is 331 g/mol. The molecule has 0 radical (unpaired) electrons. The summed E-state index contributed by atoms with van der Waals surface area (Å²) in [7, 11) is 1.68. The van der Waals surface area contributed by atoms with Crippen LogP contribution >= 0.6 is 0 Å². The fraction of sp³-hybridized carbons (Fsp3) is 0.632. The molecule has 5 nitrogen and oxygen atoms in total. The second-order valence-corrected chi connectivity index (χ2v) is 6.75. The number of para-hydroxylation sites is 2. The van der Waals surface area contributed by atoms with Crippen molar-refractivity contribution >= 4 is 11.6 Å². The van der Waals surface area contributed by atoms with Crippen LogP contribution in [0.15, 0.2) is 24.3 Å². The van der Waals surface area contributed by atoms with Crippen LogP contribution in [0.25, 0.3) is 0 Å². The zero-order valence-corrected chi connectivity index (χ0v) is 14.7. The molecule has 0 atom stereocenters. The van der Waals surface area contributed by atoms with Gasteiger partial charge < -0.3 is 15.0 Å². The van der Waals surface area contributed by atoms with Crippen molar-refractivity contribution < 1.29 is 9.53 Å². The Morgan fingerprint density at radius 3 is 2.62 bits per heavy atom. The third kappa shape index (κ3) is 4.08. The molecule has 0 bridgehead atoms. The highest BCUT2D eigenvalue weighted by Gasteiger charge is 2.30. The Hall–Kier alpha value is -1.59. The standard InChI is InChI=1S/C19H29N3O2/c1-24-18-10-6-5-9-17(18)22(16-7-3-2-4-8-16)19(23)15-21-13-11-20-12-14-21/h5-6,9-10,16,20H,2-4,7-8,11-15H2,1H3. The largest absolute Gasteiger partial charge is 0.495 e. The van der Waals surface area contributed by atoms with Crippen molar-refractivity contribution in [2.45, 2.75) is 38.1 Å². The van der Waals surface area contributed by atoms with Crippen molar-refractivity contribution in [1.82, 2.24) is 10.2 Å². The molecule has 1 aliphatic heterocycles. The van der Waals surface area contributed by atoms with E-state index in [9.17, 15) is 4.79 Å². The lowest BCUT2D eigenvalue weighted by molar-refractivity contribution is -0.120. The fourth-order valence-electron chi connectivity index (χ4n) is 3.84. The molecule has 2 aliphatic rings. The van der Waals surface area contributed by atoms with Gasteiger partial charge in [-0.1, -0.05) is 31.4 Å². The highest BCUT2D eigenvalue weighted by molar-refractivity contribution is 5.96. The molecule has 1 N–H and O–H groups in total. The SMILES string of the molecule is COc1ccccc1N(C(=O)CN1CCNCC1)C1CCCCC1. The topological polar surface area (TPSA) is 44.8 Å². The van der Waals surface area contributed by atoms with Crippen LogP contribution in [0.2, 0.25) is 0 Å². The van der Waals surface area contributed by atoms with Crippen LogP contribution in [0.3, 0.4) is 0 Å². The number of hydrogen-bond donors (Lipinski definition) is 1. The van der Waals surface area contributed by atoms with Crippen molar-refractivity contribution in [2.75, 3.05) is 44.7 Å². The van der Waals surface area contributed by atoms with E-state index < -0.39 is 0 Å². The van der Waals surface area contributed by atoms with Gasteiger partial charge in [-0.3, -0.25) is 9.69 Å². The number of amides is 1. The summed E-state index contributed by atoms with van der Waals surface area (Å²) in [5.41, 5.74) is 0.923. The number of piperazine rings is 1. The Balaban J connectivity index is 1.82. The maximum absolute atomic E-state index is 13.2. The highest BCUT2D eigenvalue weighted by Crippen LogP contribution is 2.33. The van der Waals surface area contributed by atoms with E-state index in [1.165, 1.54) is 19.3 Å². The summed E-state index contributed by atoms with van der Waals surface area (Å²) < 4.78 is 5.54. The lowest BCUT2D eigenvalue weighted by Crippen LogP contribution is -2.51. The van der Waals surface area contributed by atoms with Crippen molar-refractivity contribution in [3.05, 3.63) is 24.3 Å². The van der Waals surface area contributed by atoms with E-state index >= 15 is 0 Å². The normalized spacial score (nSPS) is 19.9. The summed E-state index contributed by atoms with van der Waals surface area (Å²) >= 11 is 0. The molecule has 3 rings (SSSR count). The predicted molar refractivity (Wildman–Crippen MR) is 96.7 cm³/mol. The Morgan fingerprint density at radius 2 is 1.92 bits per heavy atom. The molecule has 1 saturated heterocycles. The number of anilines is 1. The number of ether oxygens (including phenoxy) is 1. The van der Waals surface area contributed by atoms with Gasteiger partial charge in [-0.2, -0.15) is 0 Å². The van der Waals surface area contributed by atoms with Gasteiger partial charge in [0.05, 0.1) is 19.3 Å². The van der Waals surface area contributed by atoms with Gasteiger partial charge >= 0.3 is 0 Å². The van der Waals surface area contributed by atoms with Gasteiger partial charge in [0.25, 0.3) is 0 Å². The zero-order valence-electron chi connectivity index (χ0n) is 14.7. The number of nitrogens with zero attached hydrogens (tertiary/aromatic N) is 2. The van der Waals surface area contributed by atoms with Crippen molar-refractivity contribution in [1.29, 1.82) is 0 Å². The number of rotatable bonds is 5. The third-order valence-corrected chi connectivity index (χ3v) is 5.12. The van der Waals surface area contributed by atoms with Crippen LogP contribution in [0, 0.1) is 0 Å². The maximum Gasteiger partial charge on any atom is 0.241 e. The average Bonchev–Trinajstić information content (AvgIpc) is 2.64. The van der Waals surface area contributed by atoms with Gasteiger partial charge in [0.2, 0.25) is 5.91 Å². The van der Waals surface area contributed by atoms with E-state index in [1.807, 2.05) is 29.2 Å². The molecule has 0 spiro atoms. The minimum absolute atomic E-state index is 0.202. The van der Waals surface area contributed by atoms with Gasteiger partial charge in [0.15, 0.2) is 0 Å². The molecule has 1 saturated carbocycles. The number of carbonyl (C=O) groups is 1. The summed E-state index contributed by atoms with van der Waals surface area (Å²) in [4.78, 5) is 17.5. The first-order valence-corrected chi connectivity index (χ1v) is 9.18. The molecule has 24 heavy (non-hydrogen) atoms. The summed E-state index contributed by atoms with van der Waals surface area (Å²) in [6.07, 6.45) is 5.87. The minimum Gasteiger partial charge on any atom is -0.495 e. The summed E-state index contributed by atoms with van der Waals surface area (Å²) in [6, 6.07) is 8.21. The summed E-state index contributed by atoms with van der Waals surface area (Å²) in [5, 5.41) is 3.34. The first-order chi connectivity index (χ1) is 11.8. The Kier molecular flexibility index (Phi) is 6.10. The molecule has 132 valence electrons. The molecular weight excluding hydrogens is 302 g/mol. The van der Waals surface area contributed by atoms with Crippen molar-refractivity contribution in [3.8, 4) is 5.75 Å². The lowest BCUT2D eigenvalue weighted by Gasteiger charge is -2.37. The molecule has 0 unspecified atom stereocenters. The van der Waals surface area contributed by atoms with Crippen molar-refractivity contribution in [3.63, 3.8) is 0 Å². The van der Waals surface area contributed by atoms with Gasteiger partial charge in [-0.05, 0) is 25.0 Å². The second kappa shape index (κ2) is 8.49. The Morgan fingerprint density at radius 1 is 1.21 bits per heavy atom. The number of carbonyl (C=O) groups excluding carboxylic acids is 1. The molecule has 1 heterocycles. The number of benzene rings is 1. The van der Waals surface area contributed by atoms with Crippen LogP contribution in [0.4, 0.5) is 5.69 Å². The summed E-state index contributed by atoms with van der Waals surface area (Å²) in [6.45, 7) is 4.30. The second-order valence-electron chi connectivity index (χ2n) is 6.75. The van der Waals surface area contributed by atoms with E-state index in [4.69, 9.17) is 4.74 Å². The molecule has 0 aromatic heterocycles. The lowest BCUT2D eigenvalue weighted by atomic mass is 9.93. The number of nitrogens with one attached hydrogen (secondary N) is 1. The van der Waals surface area contributed by atoms with Gasteiger partial charge in [-0.25, -0.2) is 0 Å². The number of methoxy groups -OCH3 is 1. The smallest absolute Gasteiger partial charge is 0.241 e. The Bertz CT molecular complexity index is 537. The van der Waals surface area contributed by atoms with E-state index in [2.05, 4.69) is 10.2 Å². The fourth-order valence-corrected chi connectivity index (χ4v) is 3.84. The van der Waals surface area contributed by atoms with Crippen LogP contribution in [0.1, 0.15) is 32.1 Å². The van der Waals surface area contributed by atoms with Gasteiger partial charge in [0.1, 0.15) is 5.75 Å².